The van der Waals surface area contributed by atoms with E-state index in [1.165, 1.54) is 46.0 Å². The van der Waals surface area contributed by atoms with Crippen LogP contribution >= 0.6 is 0 Å². The van der Waals surface area contributed by atoms with E-state index >= 15 is 0 Å². The molecule has 0 aliphatic rings. The first kappa shape index (κ1) is 22.4. The molecule has 2 atom stereocenters. The molecule has 0 aromatic rings. The van der Waals surface area contributed by atoms with Gasteiger partial charge >= 0.3 is 11.9 Å². The Morgan fingerprint density at radius 3 is 1.50 bits per heavy atom. The fourth-order valence-corrected chi connectivity index (χ4v) is 2.72. The standard InChI is InChI=1S/C18H33NO5/c1-4-5-6-7-8-9-10-11-12-13-16(20)19(14(2)17(21)22)15(3)18(23)24/h14-15H,4-13H2,1-3H3,(H,21,22)(H,23,24). The van der Waals surface area contributed by atoms with Gasteiger partial charge in [0, 0.05) is 6.42 Å². The summed E-state index contributed by atoms with van der Waals surface area (Å²) in [5.41, 5.74) is 0. The Hall–Kier alpha value is -1.59. The predicted octanol–water partition coefficient (Wildman–Crippen LogP) is 3.68. The van der Waals surface area contributed by atoms with Crippen molar-refractivity contribution in [2.24, 2.45) is 0 Å². The van der Waals surface area contributed by atoms with Gasteiger partial charge in [0.15, 0.2) is 0 Å². The topological polar surface area (TPSA) is 94.9 Å². The minimum absolute atomic E-state index is 0.199. The molecule has 140 valence electrons. The Kier molecular flexibility index (Phi) is 11.9. The summed E-state index contributed by atoms with van der Waals surface area (Å²) in [4.78, 5) is 35.4. The smallest absolute Gasteiger partial charge is 0.326 e. The molecule has 0 saturated heterocycles. The molecule has 0 saturated carbocycles. The zero-order valence-electron chi connectivity index (χ0n) is 15.3. The summed E-state index contributed by atoms with van der Waals surface area (Å²) in [6.07, 6.45) is 10.3. The van der Waals surface area contributed by atoms with Gasteiger partial charge in [-0.15, -0.1) is 0 Å². The maximum atomic E-state index is 12.2. The highest BCUT2D eigenvalue weighted by molar-refractivity contribution is 5.88. The quantitative estimate of drug-likeness (QED) is 0.469. The third kappa shape index (κ3) is 8.89. The van der Waals surface area contributed by atoms with Crippen LogP contribution in [0.25, 0.3) is 0 Å². The molecule has 6 heteroatoms. The monoisotopic (exact) mass is 343 g/mol. The number of aliphatic carboxylic acids is 2. The number of unbranched alkanes of at least 4 members (excludes halogenated alkanes) is 8. The van der Waals surface area contributed by atoms with Gasteiger partial charge in [-0.05, 0) is 20.3 Å². The van der Waals surface area contributed by atoms with Crippen molar-refractivity contribution in [1.82, 2.24) is 4.90 Å². The fourth-order valence-electron chi connectivity index (χ4n) is 2.72. The van der Waals surface area contributed by atoms with Crippen LogP contribution in [0.15, 0.2) is 0 Å². The molecule has 0 aliphatic heterocycles. The van der Waals surface area contributed by atoms with E-state index in [4.69, 9.17) is 10.2 Å². The molecule has 0 aromatic heterocycles. The van der Waals surface area contributed by atoms with Gasteiger partial charge in [-0.25, -0.2) is 9.59 Å². The molecule has 0 heterocycles. The van der Waals surface area contributed by atoms with Crippen molar-refractivity contribution < 1.29 is 24.6 Å². The lowest BCUT2D eigenvalue weighted by Crippen LogP contribution is -2.51. The lowest BCUT2D eigenvalue weighted by molar-refractivity contribution is -0.158. The molecular formula is C18H33NO5. The number of rotatable bonds is 14. The predicted molar refractivity (Wildman–Crippen MR) is 92.9 cm³/mol. The molecule has 0 radical (unpaired) electrons. The van der Waals surface area contributed by atoms with Gasteiger partial charge in [-0.3, -0.25) is 4.79 Å². The van der Waals surface area contributed by atoms with Crippen LogP contribution in [0.4, 0.5) is 0 Å². The number of hydrogen-bond donors (Lipinski definition) is 2. The van der Waals surface area contributed by atoms with E-state index in [0.29, 0.717) is 6.42 Å². The molecule has 0 bridgehead atoms. The maximum absolute atomic E-state index is 12.2. The van der Waals surface area contributed by atoms with Crippen LogP contribution in [0.3, 0.4) is 0 Å². The van der Waals surface area contributed by atoms with Crippen LogP contribution in [-0.4, -0.2) is 45.0 Å². The van der Waals surface area contributed by atoms with Gasteiger partial charge in [-0.1, -0.05) is 58.3 Å². The Morgan fingerprint density at radius 1 is 0.750 bits per heavy atom. The lowest BCUT2D eigenvalue weighted by atomic mass is 10.1. The van der Waals surface area contributed by atoms with Gasteiger partial charge in [0.05, 0.1) is 0 Å². The molecule has 0 aromatic carbocycles. The summed E-state index contributed by atoms with van der Waals surface area (Å²) in [6, 6.07) is -2.27. The zero-order valence-corrected chi connectivity index (χ0v) is 15.3. The highest BCUT2D eigenvalue weighted by Gasteiger charge is 2.32. The molecule has 0 fully saturated rings. The summed E-state index contributed by atoms with van der Waals surface area (Å²) < 4.78 is 0. The molecule has 0 aliphatic carbocycles. The van der Waals surface area contributed by atoms with Crippen molar-refractivity contribution >= 4 is 17.8 Å². The van der Waals surface area contributed by atoms with E-state index in [0.717, 1.165) is 24.2 Å². The van der Waals surface area contributed by atoms with Gasteiger partial charge in [-0.2, -0.15) is 0 Å². The van der Waals surface area contributed by atoms with Crippen LogP contribution in [0.5, 0.6) is 0 Å². The normalized spacial score (nSPS) is 13.3. The zero-order chi connectivity index (χ0) is 18.5. The van der Waals surface area contributed by atoms with Crippen LogP contribution in [-0.2, 0) is 14.4 Å². The van der Waals surface area contributed by atoms with E-state index in [-0.39, 0.29) is 6.42 Å². The van der Waals surface area contributed by atoms with Crippen molar-refractivity contribution in [2.75, 3.05) is 0 Å². The Labute approximate surface area is 145 Å². The number of carboxylic acid groups (broad SMARTS) is 2. The number of carbonyl (C=O) groups excluding carboxylic acids is 1. The van der Waals surface area contributed by atoms with Crippen LogP contribution in [0, 0.1) is 0 Å². The van der Waals surface area contributed by atoms with Crippen molar-refractivity contribution in [1.29, 1.82) is 0 Å². The Balaban J connectivity index is 4.15. The SMILES string of the molecule is CCCCCCCCCCCC(=O)N(C(C)C(=O)O)C(C)C(=O)O. The highest BCUT2D eigenvalue weighted by atomic mass is 16.4. The maximum Gasteiger partial charge on any atom is 0.326 e. The van der Waals surface area contributed by atoms with Gasteiger partial charge < -0.3 is 15.1 Å². The average molecular weight is 343 g/mol. The van der Waals surface area contributed by atoms with E-state index in [1.807, 2.05) is 0 Å². The van der Waals surface area contributed by atoms with Gasteiger partial charge in [0.1, 0.15) is 12.1 Å². The summed E-state index contributed by atoms with van der Waals surface area (Å²) in [7, 11) is 0. The molecule has 2 unspecified atom stereocenters. The summed E-state index contributed by atoms with van der Waals surface area (Å²) in [5, 5.41) is 18.2. The largest absolute Gasteiger partial charge is 0.480 e. The molecule has 24 heavy (non-hydrogen) atoms. The second kappa shape index (κ2) is 12.8. The molecular weight excluding hydrogens is 310 g/mol. The summed E-state index contributed by atoms with van der Waals surface area (Å²) in [5.74, 6) is -2.78. The first-order valence-electron chi connectivity index (χ1n) is 9.09. The second-order valence-electron chi connectivity index (χ2n) is 6.41. The molecule has 0 spiro atoms. The number of hydrogen-bond acceptors (Lipinski definition) is 3. The van der Waals surface area contributed by atoms with Crippen molar-refractivity contribution in [3.63, 3.8) is 0 Å². The van der Waals surface area contributed by atoms with E-state index < -0.39 is 29.9 Å². The number of nitrogens with zero attached hydrogens (tertiary/aromatic N) is 1. The van der Waals surface area contributed by atoms with E-state index in [1.54, 1.807) is 0 Å². The molecule has 1 amide bonds. The van der Waals surface area contributed by atoms with Crippen LogP contribution in [0.1, 0.15) is 85.0 Å². The van der Waals surface area contributed by atoms with Crippen molar-refractivity contribution in [2.45, 2.75) is 97.1 Å². The first-order valence-corrected chi connectivity index (χ1v) is 9.09. The lowest BCUT2D eigenvalue weighted by Gasteiger charge is -2.30. The van der Waals surface area contributed by atoms with Crippen molar-refractivity contribution in [3.05, 3.63) is 0 Å². The molecule has 0 rings (SSSR count). The Bertz CT molecular complexity index is 377. The Morgan fingerprint density at radius 2 is 1.12 bits per heavy atom. The number of amides is 1. The third-order valence-corrected chi connectivity index (χ3v) is 4.33. The summed E-state index contributed by atoms with van der Waals surface area (Å²) in [6.45, 7) is 4.88. The number of carboxylic acids is 2. The summed E-state index contributed by atoms with van der Waals surface area (Å²) >= 11 is 0. The second-order valence-corrected chi connectivity index (χ2v) is 6.41. The highest BCUT2D eigenvalue weighted by Crippen LogP contribution is 2.14. The minimum Gasteiger partial charge on any atom is -0.480 e. The number of carbonyl (C=O) groups is 3. The van der Waals surface area contributed by atoms with Crippen LogP contribution < -0.4 is 0 Å². The fraction of sp³-hybridized carbons (Fsp3) is 0.833. The van der Waals surface area contributed by atoms with Crippen molar-refractivity contribution in [3.8, 4) is 0 Å². The first-order chi connectivity index (χ1) is 11.3. The van der Waals surface area contributed by atoms with Gasteiger partial charge in [0.2, 0.25) is 5.91 Å². The molecule has 6 nitrogen and oxygen atoms in total. The molecule has 2 N–H and O–H groups in total. The van der Waals surface area contributed by atoms with Gasteiger partial charge in [0.25, 0.3) is 0 Å². The van der Waals surface area contributed by atoms with E-state index in [9.17, 15) is 14.4 Å². The van der Waals surface area contributed by atoms with Crippen LogP contribution in [0.2, 0.25) is 0 Å². The average Bonchev–Trinajstić information content (AvgIpc) is 2.53. The minimum atomic E-state index is -1.19. The third-order valence-electron chi connectivity index (χ3n) is 4.33. The van der Waals surface area contributed by atoms with E-state index in [2.05, 4.69) is 6.92 Å².